The van der Waals surface area contributed by atoms with Crippen molar-refractivity contribution in [2.24, 2.45) is 5.73 Å². The molecular weight excluding hydrogens is 498 g/mol. The molecule has 4 N–H and O–H groups in total. The molecule has 1 heterocycles. The van der Waals surface area contributed by atoms with Crippen LogP contribution < -0.4 is 15.2 Å². The summed E-state index contributed by atoms with van der Waals surface area (Å²) in [6.45, 7) is 7.85. The fourth-order valence-electron chi connectivity index (χ4n) is 3.24. The van der Waals surface area contributed by atoms with Crippen LogP contribution >= 0.6 is 11.3 Å². The van der Waals surface area contributed by atoms with E-state index in [0.29, 0.717) is 31.0 Å². The van der Waals surface area contributed by atoms with E-state index in [4.69, 9.17) is 30.2 Å². The first-order chi connectivity index (χ1) is 16.9. The molecule has 0 fully saturated rings. The van der Waals surface area contributed by atoms with Gasteiger partial charge < -0.3 is 15.2 Å². The highest BCUT2D eigenvalue weighted by Gasteiger charge is 2.14. The number of ether oxygens (including phenoxy) is 2. The van der Waals surface area contributed by atoms with Crippen molar-refractivity contribution in [3.63, 3.8) is 0 Å². The fraction of sp³-hybridized carbons (Fsp3) is 0.385. The minimum atomic E-state index is -3.67. The van der Waals surface area contributed by atoms with Gasteiger partial charge in [-0.05, 0) is 80.6 Å². The minimum absolute atomic E-state index is 0.0692. The van der Waals surface area contributed by atoms with Crippen molar-refractivity contribution < 1.29 is 22.4 Å². The first-order valence-corrected chi connectivity index (χ1v) is 14.3. The highest BCUT2D eigenvalue weighted by Crippen LogP contribution is 2.34. The van der Waals surface area contributed by atoms with Crippen LogP contribution in [0.2, 0.25) is 0 Å². The van der Waals surface area contributed by atoms with Gasteiger partial charge in [-0.2, -0.15) is 8.42 Å². The standard InChI is InChI=1S/C25H31N3O2S.CH4O3S/c1-17(2)24-23(28-18(3)31-24)19-7-11-21(12-8-19)29-15-5-4-6-16-30-22-13-9-20(10-14-22)25(26)27;1-5(2,3)4/h7-14,17H,4-6,15-16H2,1-3H3,(H3,26,27);1H3,(H,2,3,4). The van der Waals surface area contributed by atoms with Crippen molar-refractivity contribution in [2.45, 2.75) is 46.0 Å². The quantitative estimate of drug-likeness (QED) is 0.125. The Hall–Kier alpha value is -2.95. The molecule has 8 nitrogen and oxygen atoms in total. The summed E-state index contributed by atoms with van der Waals surface area (Å²) in [6, 6.07) is 15.6. The van der Waals surface area contributed by atoms with Crippen LogP contribution in [0.25, 0.3) is 11.3 Å². The molecule has 0 aliphatic heterocycles. The van der Waals surface area contributed by atoms with Crippen LogP contribution in [0.15, 0.2) is 48.5 Å². The van der Waals surface area contributed by atoms with Crippen LogP contribution in [-0.2, 0) is 10.1 Å². The number of nitrogen functional groups attached to an aromatic ring is 1. The van der Waals surface area contributed by atoms with E-state index < -0.39 is 10.1 Å². The molecule has 2 aromatic carbocycles. The third-order valence-electron chi connectivity index (χ3n) is 4.90. The second-order valence-corrected chi connectivity index (χ2v) is 11.3. The molecule has 10 heteroatoms. The number of aromatic nitrogens is 1. The molecule has 0 saturated heterocycles. The molecule has 0 aliphatic carbocycles. The highest BCUT2D eigenvalue weighted by atomic mass is 32.2. The molecular formula is C26H35N3O5S2. The van der Waals surface area contributed by atoms with E-state index >= 15 is 0 Å². The molecule has 0 unspecified atom stereocenters. The third kappa shape index (κ3) is 10.8. The van der Waals surface area contributed by atoms with E-state index in [1.165, 1.54) is 4.88 Å². The summed E-state index contributed by atoms with van der Waals surface area (Å²) >= 11 is 1.78. The van der Waals surface area contributed by atoms with Gasteiger partial charge >= 0.3 is 0 Å². The number of nitrogens with two attached hydrogens (primary N) is 1. The maximum absolute atomic E-state index is 9.19. The first-order valence-electron chi connectivity index (χ1n) is 11.6. The Morgan fingerprint density at radius 1 is 1.00 bits per heavy atom. The van der Waals surface area contributed by atoms with Crippen molar-refractivity contribution in [1.82, 2.24) is 4.98 Å². The normalized spacial score (nSPS) is 11.1. The van der Waals surface area contributed by atoms with E-state index in [1.54, 1.807) is 23.5 Å². The molecule has 0 radical (unpaired) electrons. The molecule has 0 bridgehead atoms. The number of aryl methyl sites for hydroxylation is 1. The lowest BCUT2D eigenvalue weighted by atomic mass is 10.1. The Labute approximate surface area is 217 Å². The van der Waals surface area contributed by atoms with E-state index in [0.717, 1.165) is 47.0 Å². The maximum Gasteiger partial charge on any atom is 0.261 e. The molecule has 1 aromatic heterocycles. The number of unbranched alkanes of at least 4 members (excludes halogenated alkanes) is 2. The summed E-state index contributed by atoms with van der Waals surface area (Å²) in [7, 11) is -3.67. The van der Waals surface area contributed by atoms with Crippen molar-refractivity contribution in [3.05, 3.63) is 64.0 Å². The van der Waals surface area contributed by atoms with Crippen LogP contribution in [0, 0.1) is 12.3 Å². The van der Waals surface area contributed by atoms with Gasteiger partial charge in [0.15, 0.2) is 0 Å². The Balaban J connectivity index is 0.000000830. The number of hydrogen-bond acceptors (Lipinski definition) is 7. The van der Waals surface area contributed by atoms with Gasteiger partial charge in [0.2, 0.25) is 0 Å². The molecule has 3 rings (SSSR count). The zero-order valence-electron chi connectivity index (χ0n) is 21.2. The van der Waals surface area contributed by atoms with Gasteiger partial charge in [0, 0.05) is 16.0 Å². The number of amidine groups is 1. The monoisotopic (exact) mass is 533 g/mol. The van der Waals surface area contributed by atoms with Gasteiger partial charge in [0.1, 0.15) is 17.3 Å². The lowest BCUT2D eigenvalue weighted by Crippen LogP contribution is -2.10. The molecule has 0 saturated carbocycles. The van der Waals surface area contributed by atoms with Gasteiger partial charge in [-0.3, -0.25) is 9.96 Å². The Morgan fingerprint density at radius 2 is 1.47 bits per heavy atom. The van der Waals surface area contributed by atoms with Gasteiger partial charge in [0.05, 0.1) is 30.2 Å². The molecule has 0 aliphatic rings. The highest BCUT2D eigenvalue weighted by molar-refractivity contribution is 7.85. The molecule has 0 amide bonds. The van der Waals surface area contributed by atoms with Crippen molar-refractivity contribution in [3.8, 4) is 22.8 Å². The molecule has 0 spiro atoms. The molecule has 3 aromatic rings. The largest absolute Gasteiger partial charge is 0.494 e. The SMILES string of the molecule is CS(=O)(=O)O.Cc1nc(-c2ccc(OCCCCCOc3ccc(C(=N)N)cc3)cc2)c(C(C)C)s1. The Kier molecular flexibility index (Phi) is 11.4. The smallest absolute Gasteiger partial charge is 0.261 e. The van der Waals surface area contributed by atoms with E-state index in [9.17, 15) is 8.42 Å². The van der Waals surface area contributed by atoms with E-state index in [-0.39, 0.29) is 5.84 Å². The average molecular weight is 534 g/mol. The van der Waals surface area contributed by atoms with Crippen LogP contribution in [0.3, 0.4) is 0 Å². The fourth-order valence-corrected chi connectivity index (χ4v) is 4.19. The van der Waals surface area contributed by atoms with Gasteiger partial charge in [-0.15, -0.1) is 11.3 Å². The number of thiazole rings is 1. The Bertz CT molecular complexity index is 1200. The summed E-state index contributed by atoms with van der Waals surface area (Å²) in [5.41, 5.74) is 8.41. The zero-order valence-corrected chi connectivity index (χ0v) is 22.8. The first kappa shape index (κ1) is 29.3. The Morgan fingerprint density at radius 3 is 1.92 bits per heavy atom. The summed E-state index contributed by atoms with van der Waals surface area (Å²) in [4.78, 5) is 6.06. The number of hydrogen-bond donors (Lipinski definition) is 3. The number of benzene rings is 2. The van der Waals surface area contributed by atoms with Crippen LogP contribution in [-0.4, -0.2) is 43.3 Å². The van der Waals surface area contributed by atoms with Crippen molar-refractivity contribution >= 4 is 27.3 Å². The van der Waals surface area contributed by atoms with Crippen LogP contribution in [0.4, 0.5) is 0 Å². The van der Waals surface area contributed by atoms with E-state index in [2.05, 4.69) is 32.9 Å². The lowest BCUT2D eigenvalue weighted by molar-refractivity contribution is 0.279. The topological polar surface area (TPSA) is 136 Å². The summed E-state index contributed by atoms with van der Waals surface area (Å²) in [5, 5.41) is 8.51. The van der Waals surface area contributed by atoms with Crippen LogP contribution in [0.1, 0.15) is 54.5 Å². The molecule has 196 valence electrons. The van der Waals surface area contributed by atoms with Crippen LogP contribution in [0.5, 0.6) is 11.5 Å². The predicted octanol–water partition coefficient (Wildman–Crippen LogP) is 5.66. The van der Waals surface area contributed by atoms with Gasteiger partial charge in [0.25, 0.3) is 10.1 Å². The third-order valence-corrected chi connectivity index (χ3v) is 6.18. The van der Waals surface area contributed by atoms with Gasteiger partial charge in [-0.25, -0.2) is 4.98 Å². The van der Waals surface area contributed by atoms with Crippen molar-refractivity contribution in [2.75, 3.05) is 19.5 Å². The summed E-state index contributed by atoms with van der Waals surface area (Å²) in [5.74, 6) is 2.24. The average Bonchev–Trinajstić information content (AvgIpc) is 3.20. The predicted molar refractivity (Wildman–Crippen MR) is 146 cm³/mol. The number of rotatable bonds is 11. The number of nitrogens with zero attached hydrogens (tertiary/aromatic N) is 1. The minimum Gasteiger partial charge on any atom is -0.494 e. The molecule has 0 atom stereocenters. The zero-order chi connectivity index (χ0) is 26.7. The van der Waals surface area contributed by atoms with Crippen molar-refractivity contribution in [1.29, 1.82) is 5.41 Å². The lowest BCUT2D eigenvalue weighted by Gasteiger charge is -2.09. The van der Waals surface area contributed by atoms with E-state index in [1.807, 2.05) is 24.3 Å². The summed E-state index contributed by atoms with van der Waals surface area (Å²) < 4.78 is 37.5. The summed E-state index contributed by atoms with van der Waals surface area (Å²) in [6.07, 6.45) is 3.71. The molecule has 36 heavy (non-hydrogen) atoms. The second kappa shape index (κ2) is 14.0. The van der Waals surface area contributed by atoms with Gasteiger partial charge in [-0.1, -0.05) is 13.8 Å². The number of nitrogens with one attached hydrogen (secondary N) is 1. The second-order valence-electron chi connectivity index (χ2n) is 8.55. The maximum atomic E-state index is 9.19.